The van der Waals surface area contributed by atoms with Gasteiger partial charge in [0.1, 0.15) is 0 Å². The van der Waals surface area contributed by atoms with Gasteiger partial charge in [0, 0.05) is 13.6 Å². The van der Waals surface area contributed by atoms with Gasteiger partial charge in [0.15, 0.2) is 0 Å². The molecular formula is C9H13Cl2N5O. The average Bonchev–Trinajstić information content (AvgIpc) is 2.27. The van der Waals surface area contributed by atoms with E-state index in [4.69, 9.17) is 23.2 Å². The van der Waals surface area contributed by atoms with Crippen LogP contribution < -0.4 is 10.2 Å². The molecule has 0 saturated heterocycles. The third kappa shape index (κ3) is 4.32. The Morgan fingerprint density at radius 2 is 1.88 bits per heavy atom. The van der Waals surface area contributed by atoms with Gasteiger partial charge in [-0.25, -0.2) is 0 Å². The fourth-order valence-electron chi connectivity index (χ4n) is 1.23. The SMILES string of the molecule is CCCN(CC(=O)NC)c1nc(Cl)nc(Cl)n1. The van der Waals surface area contributed by atoms with Gasteiger partial charge < -0.3 is 10.2 Å². The minimum absolute atomic E-state index is 0.0120. The standard InChI is InChI=1S/C9H13Cl2N5O/c1-3-4-16(5-6(17)12-2)9-14-7(10)13-8(11)15-9/h3-5H2,1-2H3,(H,12,17). The van der Waals surface area contributed by atoms with E-state index in [2.05, 4.69) is 20.3 Å². The summed E-state index contributed by atoms with van der Waals surface area (Å²) in [5, 5.41) is 2.56. The first-order valence-corrected chi connectivity index (χ1v) is 5.85. The zero-order valence-electron chi connectivity index (χ0n) is 9.57. The summed E-state index contributed by atoms with van der Waals surface area (Å²) in [6.07, 6.45) is 0.845. The Labute approximate surface area is 109 Å². The lowest BCUT2D eigenvalue weighted by molar-refractivity contribution is -0.119. The quantitative estimate of drug-likeness (QED) is 0.874. The lowest BCUT2D eigenvalue weighted by atomic mass is 10.4. The van der Waals surface area contributed by atoms with Gasteiger partial charge in [-0.3, -0.25) is 4.79 Å². The number of carbonyl (C=O) groups excluding carboxylic acids is 1. The molecule has 0 aromatic carbocycles. The molecule has 6 nitrogen and oxygen atoms in total. The largest absolute Gasteiger partial charge is 0.358 e. The Kier molecular flexibility index (Phi) is 5.37. The normalized spacial score (nSPS) is 10.1. The third-order valence-electron chi connectivity index (χ3n) is 1.96. The van der Waals surface area contributed by atoms with Gasteiger partial charge in [-0.15, -0.1) is 0 Å². The number of nitrogens with zero attached hydrogens (tertiary/aromatic N) is 4. The number of aromatic nitrogens is 3. The minimum Gasteiger partial charge on any atom is -0.358 e. The maximum atomic E-state index is 11.4. The molecule has 94 valence electrons. The third-order valence-corrected chi connectivity index (χ3v) is 2.30. The van der Waals surface area contributed by atoms with Crippen molar-refractivity contribution in [3.63, 3.8) is 0 Å². The van der Waals surface area contributed by atoms with Crippen molar-refractivity contribution in [1.82, 2.24) is 20.3 Å². The number of nitrogens with one attached hydrogen (secondary N) is 1. The van der Waals surface area contributed by atoms with Crippen LogP contribution in [0, 0.1) is 0 Å². The summed E-state index contributed by atoms with van der Waals surface area (Å²) >= 11 is 11.4. The first kappa shape index (κ1) is 13.9. The summed E-state index contributed by atoms with van der Waals surface area (Å²) in [7, 11) is 1.57. The molecule has 1 aromatic heterocycles. The summed E-state index contributed by atoms with van der Waals surface area (Å²) in [5.41, 5.74) is 0. The minimum atomic E-state index is -0.133. The van der Waals surface area contributed by atoms with Gasteiger partial charge >= 0.3 is 0 Å². The van der Waals surface area contributed by atoms with Crippen LogP contribution in [0.4, 0.5) is 5.95 Å². The molecule has 0 fully saturated rings. The number of likely N-dealkylation sites (N-methyl/N-ethyl adjacent to an activating group) is 1. The highest BCUT2D eigenvalue weighted by molar-refractivity contribution is 6.31. The van der Waals surface area contributed by atoms with Gasteiger partial charge in [-0.1, -0.05) is 6.92 Å². The second-order valence-corrected chi connectivity index (χ2v) is 3.94. The average molecular weight is 278 g/mol. The van der Waals surface area contributed by atoms with E-state index in [0.29, 0.717) is 12.5 Å². The molecule has 1 heterocycles. The molecule has 1 amide bonds. The molecule has 1 aromatic rings. The molecule has 17 heavy (non-hydrogen) atoms. The van der Waals surface area contributed by atoms with Gasteiger partial charge in [-0.2, -0.15) is 15.0 Å². The van der Waals surface area contributed by atoms with Crippen molar-refractivity contribution in [3.8, 4) is 0 Å². The molecule has 0 saturated carbocycles. The smallest absolute Gasteiger partial charge is 0.239 e. The highest BCUT2D eigenvalue weighted by atomic mass is 35.5. The van der Waals surface area contributed by atoms with E-state index in [1.165, 1.54) is 0 Å². The van der Waals surface area contributed by atoms with Gasteiger partial charge in [0.2, 0.25) is 22.4 Å². The maximum absolute atomic E-state index is 11.4. The van der Waals surface area contributed by atoms with E-state index < -0.39 is 0 Å². The Morgan fingerprint density at radius 1 is 1.29 bits per heavy atom. The van der Waals surface area contributed by atoms with Crippen LogP contribution in [0.2, 0.25) is 10.6 Å². The van der Waals surface area contributed by atoms with Crippen LogP contribution in [-0.4, -0.2) is 41.0 Å². The van der Waals surface area contributed by atoms with E-state index in [9.17, 15) is 4.79 Å². The first-order chi connectivity index (χ1) is 8.06. The molecule has 0 aliphatic heterocycles. The van der Waals surface area contributed by atoms with Crippen molar-refractivity contribution in [2.24, 2.45) is 0 Å². The monoisotopic (exact) mass is 277 g/mol. The predicted octanol–water partition coefficient (Wildman–Crippen LogP) is 1.14. The Balaban J connectivity index is 2.91. The summed E-state index contributed by atoms with van der Waals surface area (Å²) in [4.78, 5) is 24.6. The predicted molar refractivity (Wildman–Crippen MR) is 66.4 cm³/mol. The van der Waals surface area contributed by atoms with Gasteiger partial charge in [-0.05, 0) is 29.6 Å². The van der Waals surface area contributed by atoms with Crippen molar-refractivity contribution in [3.05, 3.63) is 10.6 Å². The van der Waals surface area contributed by atoms with Crippen molar-refractivity contribution in [1.29, 1.82) is 0 Å². The molecule has 0 bridgehead atoms. The van der Waals surface area contributed by atoms with Crippen LogP contribution in [0.5, 0.6) is 0 Å². The van der Waals surface area contributed by atoms with Gasteiger partial charge in [0.05, 0.1) is 6.54 Å². The van der Waals surface area contributed by atoms with Crippen LogP contribution in [-0.2, 0) is 4.79 Å². The number of anilines is 1. The Morgan fingerprint density at radius 3 is 2.35 bits per heavy atom. The fraction of sp³-hybridized carbons (Fsp3) is 0.556. The van der Waals surface area contributed by atoms with Crippen molar-refractivity contribution < 1.29 is 4.79 Å². The topological polar surface area (TPSA) is 71.0 Å². The Hall–Kier alpha value is -1.14. The van der Waals surface area contributed by atoms with Crippen LogP contribution in [0.1, 0.15) is 13.3 Å². The van der Waals surface area contributed by atoms with E-state index >= 15 is 0 Å². The highest BCUT2D eigenvalue weighted by Crippen LogP contribution is 2.13. The number of halogens is 2. The number of rotatable bonds is 5. The van der Waals surface area contributed by atoms with Crippen LogP contribution in [0.15, 0.2) is 0 Å². The van der Waals surface area contributed by atoms with Gasteiger partial charge in [0.25, 0.3) is 0 Å². The molecular weight excluding hydrogens is 265 g/mol. The van der Waals surface area contributed by atoms with Crippen LogP contribution in [0.3, 0.4) is 0 Å². The summed E-state index contributed by atoms with van der Waals surface area (Å²) < 4.78 is 0. The number of hydrogen-bond acceptors (Lipinski definition) is 5. The van der Waals surface area contributed by atoms with Crippen LogP contribution in [0.25, 0.3) is 0 Å². The van der Waals surface area contributed by atoms with E-state index in [-0.39, 0.29) is 23.0 Å². The molecule has 0 aliphatic carbocycles. The van der Waals surface area contributed by atoms with Crippen LogP contribution >= 0.6 is 23.2 Å². The second-order valence-electron chi connectivity index (χ2n) is 3.27. The molecule has 8 heteroatoms. The molecule has 0 radical (unpaired) electrons. The maximum Gasteiger partial charge on any atom is 0.239 e. The lowest BCUT2D eigenvalue weighted by Crippen LogP contribution is -2.37. The zero-order chi connectivity index (χ0) is 12.8. The van der Waals surface area contributed by atoms with Crippen molar-refractivity contribution in [2.75, 3.05) is 25.0 Å². The molecule has 0 atom stereocenters. The molecule has 0 unspecified atom stereocenters. The van der Waals surface area contributed by atoms with E-state index in [0.717, 1.165) is 6.42 Å². The lowest BCUT2D eigenvalue weighted by Gasteiger charge is -2.20. The first-order valence-electron chi connectivity index (χ1n) is 5.09. The van der Waals surface area contributed by atoms with E-state index in [1.807, 2.05) is 6.92 Å². The highest BCUT2D eigenvalue weighted by Gasteiger charge is 2.14. The molecule has 0 spiro atoms. The molecule has 1 N–H and O–H groups in total. The summed E-state index contributed by atoms with van der Waals surface area (Å²) in [6.45, 7) is 2.77. The van der Waals surface area contributed by atoms with Crippen molar-refractivity contribution in [2.45, 2.75) is 13.3 Å². The zero-order valence-corrected chi connectivity index (χ0v) is 11.1. The molecule has 0 aliphatic rings. The number of carbonyl (C=O) groups is 1. The van der Waals surface area contributed by atoms with Crippen molar-refractivity contribution >= 4 is 35.1 Å². The molecule has 1 rings (SSSR count). The fourth-order valence-corrected chi connectivity index (χ4v) is 1.58. The summed E-state index contributed by atoms with van der Waals surface area (Å²) in [6, 6.07) is 0. The number of hydrogen-bond donors (Lipinski definition) is 1. The summed E-state index contributed by atoms with van der Waals surface area (Å²) in [5.74, 6) is 0.173. The number of amides is 1. The second kappa shape index (κ2) is 6.56. The Bertz CT molecular complexity index is 381. The van der Waals surface area contributed by atoms with E-state index in [1.54, 1.807) is 11.9 Å².